The fourth-order valence-corrected chi connectivity index (χ4v) is 3.83. The summed E-state index contributed by atoms with van der Waals surface area (Å²) < 4.78 is 0. The van der Waals surface area contributed by atoms with Gasteiger partial charge in [-0.1, -0.05) is 23.8 Å². The molecule has 1 heterocycles. The molecule has 110 valence electrons. The monoisotopic (exact) mass is 298 g/mol. The van der Waals surface area contributed by atoms with Crippen molar-refractivity contribution >= 4 is 23.1 Å². The topological polar surface area (TPSA) is 29.3 Å². The minimum atomic E-state index is 0.587. The Kier molecular flexibility index (Phi) is 4.22. The average molecular weight is 298 g/mol. The summed E-state index contributed by atoms with van der Waals surface area (Å²) in [5, 5.41) is 0. The molecule has 3 rings (SSSR count). The zero-order chi connectivity index (χ0) is 14.8. The first kappa shape index (κ1) is 14.5. The van der Waals surface area contributed by atoms with E-state index in [4.69, 9.17) is 5.73 Å². The highest BCUT2D eigenvalue weighted by molar-refractivity contribution is 7.98. The van der Waals surface area contributed by atoms with Crippen molar-refractivity contribution in [3.05, 3.63) is 53.1 Å². The Morgan fingerprint density at radius 1 is 1.19 bits per heavy atom. The van der Waals surface area contributed by atoms with Crippen LogP contribution in [0.15, 0.2) is 41.3 Å². The van der Waals surface area contributed by atoms with Gasteiger partial charge in [0.2, 0.25) is 0 Å². The minimum Gasteiger partial charge on any atom is -0.341 e. The van der Waals surface area contributed by atoms with Crippen LogP contribution in [0.25, 0.3) is 0 Å². The number of nitrogens with zero attached hydrogens (tertiary/aromatic N) is 1. The molecule has 0 amide bonds. The van der Waals surface area contributed by atoms with Crippen LogP contribution in [-0.4, -0.2) is 12.8 Å². The van der Waals surface area contributed by atoms with E-state index in [1.165, 1.54) is 45.8 Å². The van der Waals surface area contributed by atoms with E-state index < -0.39 is 0 Å². The first-order valence-electron chi connectivity index (χ1n) is 7.47. The van der Waals surface area contributed by atoms with Gasteiger partial charge in [-0.25, -0.2) is 0 Å². The van der Waals surface area contributed by atoms with E-state index in [9.17, 15) is 0 Å². The number of hydrogen-bond donors (Lipinski definition) is 1. The van der Waals surface area contributed by atoms with Gasteiger partial charge in [0.15, 0.2) is 0 Å². The lowest BCUT2D eigenvalue weighted by atomic mass is 9.98. The van der Waals surface area contributed by atoms with Crippen LogP contribution in [0.1, 0.15) is 23.1 Å². The van der Waals surface area contributed by atoms with Gasteiger partial charge in [0.1, 0.15) is 0 Å². The predicted octanol–water partition coefficient (Wildman–Crippen LogP) is 4.26. The van der Waals surface area contributed by atoms with E-state index in [-0.39, 0.29) is 0 Å². The molecule has 0 saturated heterocycles. The number of rotatable bonds is 3. The molecule has 2 N–H and O–H groups in total. The standard InChI is InChI=1S/C18H22N2S/c1-13-8-9-16-14(11-13)5-4-10-20(16)17-6-3-7-18(21-2)15(17)12-19/h3,6-9,11H,4-5,10,12,19H2,1-2H3. The third-order valence-corrected chi connectivity index (χ3v) is 5.00. The van der Waals surface area contributed by atoms with Crippen molar-refractivity contribution < 1.29 is 0 Å². The lowest BCUT2D eigenvalue weighted by Crippen LogP contribution is -2.26. The number of thioether (sulfide) groups is 1. The summed E-state index contributed by atoms with van der Waals surface area (Å²) in [5.41, 5.74) is 12.7. The van der Waals surface area contributed by atoms with Crippen LogP contribution in [0.4, 0.5) is 11.4 Å². The summed E-state index contributed by atoms with van der Waals surface area (Å²) >= 11 is 1.78. The molecular weight excluding hydrogens is 276 g/mol. The van der Waals surface area contributed by atoms with E-state index in [1.54, 1.807) is 11.8 Å². The molecule has 2 aromatic carbocycles. The van der Waals surface area contributed by atoms with Crippen molar-refractivity contribution in [2.45, 2.75) is 31.2 Å². The van der Waals surface area contributed by atoms with Crippen molar-refractivity contribution in [3.8, 4) is 0 Å². The van der Waals surface area contributed by atoms with Crippen LogP contribution in [0.2, 0.25) is 0 Å². The fourth-order valence-electron chi connectivity index (χ4n) is 3.18. The molecule has 0 unspecified atom stereocenters. The quantitative estimate of drug-likeness (QED) is 0.859. The summed E-state index contributed by atoms with van der Waals surface area (Å²) in [6.07, 6.45) is 4.49. The highest BCUT2D eigenvalue weighted by atomic mass is 32.2. The Morgan fingerprint density at radius 3 is 2.81 bits per heavy atom. The number of anilines is 2. The summed E-state index contributed by atoms with van der Waals surface area (Å²) in [6.45, 7) is 3.82. The lowest BCUT2D eigenvalue weighted by molar-refractivity contribution is 0.761. The highest BCUT2D eigenvalue weighted by Gasteiger charge is 2.21. The normalized spacial score (nSPS) is 14.1. The Labute approximate surface area is 131 Å². The maximum Gasteiger partial charge on any atom is 0.0467 e. The van der Waals surface area contributed by atoms with Gasteiger partial charge >= 0.3 is 0 Å². The lowest BCUT2D eigenvalue weighted by Gasteiger charge is -2.33. The molecule has 0 saturated carbocycles. The van der Waals surface area contributed by atoms with Crippen LogP contribution in [0.5, 0.6) is 0 Å². The molecule has 3 heteroatoms. The van der Waals surface area contributed by atoms with Crippen molar-refractivity contribution in [2.24, 2.45) is 5.73 Å². The van der Waals surface area contributed by atoms with Gasteiger partial charge in [-0.3, -0.25) is 0 Å². The van der Waals surface area contributed by atoms with E-state index in [0.717, 1.165) is 6.54 Å². The van der Waals surface area contributed by atoms with Gasteiger partial charge in [-0.05, 0) is 49.8 Å². The SMILES string of the molecule is CSc1cccc(N2CCCc3cc(C)ccc32)c1CN. The number of aryl methyl sites for hydroxylation is 2. The zero-order valence-corrected chi connectivity index (χ0v) is 13.5. The van der Waals surface area contributed by atoms with Crippen LogP contribution < -0.4 is 10.6 Å². The molecule has 0 aliphatic carbocycles. The molecule has 2 aromatic rings. The highest BCUT2D eigenvalue weighted by Crippen LogP contribution is 2.38. The third kappa shape index (κ3) is 2.68. The largest absolute Gasteiger partial charge is 0.341 e. The maximum atomic E-state index is 6.04. The van der Waals surface area contributed by atoms with Crippen molar-refractivity contribution in [1.82, 2.24) is 0 Å². The second-order valence-corrected chi connectivity index (χ2v) is 6.40. The molecule has 0 radical (unpaired) electrons. The van der Waals surface area contributed by atoms with E-state index in [1.807, 2.05) is 0 Å². The number of benzene rings is 2. The molecular formula is C18H22N2S. The van der Waals surface area contributed by atoms with Gasteiger partial charge < -0.3 is 10.6 Å². The zero-order valence-electron chi connectivity index (χ0n) is 12.7. The third-order valence-electron chi connectivity index (χ3n) is 4.18. The van der Waals surface area contributed by atoms with Crippen LogP contribution >= 0.6 is 11.8 Å². The smallest absolute Gasteiger partial charge is 0.0467 e. The van der Waals surface area contributed by atoms with E-state index >= 15 is 0 Å². The molecule has 0 fully saturated rings. The average Bonchev–Trinajstić information content (AvgIpc) is 2.53. The second-order valence-electron chi connectivity index (χ2n) is 5.55. The molecule has 1 aliphatic rings. The van der Waals surface area contributed by atoms with E-state index in [2.05, 4.69) is 54.5 Å². The van der Waals surface area contributed by atoms with Crippen molar-refractivity contribution in [1.29, 1.82) is 0 Å². The molecule has 21 heavy (non-hydrogen) atoms. The number of hydrogen-bond acceptors (Lipinski definition) is 3. The van der Waals surface area contributed by atoms with Gasteiger partial charge in [-0.2, -0.15) is 0 Å². The summed E-state index contributed by atoms with van der Waals surface area (Å²) in [5.74, 6) is 0. The maximum absolute atomic E-state index is 6.04. The minimum absolute atomic E-state index is 0.587. The Morgan fingerprint density at radius 2 is 2.05 bits per heavy atom. The Bertz CT molecular complexity index is 652. The van der Waals surface area contributed by atoms with Crippen molar-refractivity contribution in [3.63, 3.8) is 0 Å². The molecule has 1 aliphatic heterocycles. The molecule has 2 nitrogen and oxygen atoms in total. The summed E-state index contributed by atoms with van der Waals surface area (Å²) in [7, 11) is 0. The Balaban J connectivity index is 2.11. The van der Waals surface area contributed by atoms with Crippen molar-refractivity contribution in [2.75, 3.05) is 17.7 Å². The summed E-state index contributed by atoms with van der Waals surface area (Å²) in [4.78, 5) is 3.73. The van der Waals surface area contributed by atoms with Crippen LogP contribution in [-0.2, 0) is 13.0 Å². The predicted molar refractivity (Wildman–Crippen MR) is 92.6 cm³/mol. The molecule has 0 spiro atoms. The summed E-state index contributed by atoms with van der Waals surface area (Å²) in [6, 6.07) is 13.3. The Hall–Kier alpha value is -1.45. The van der Waals surface area contributed by atoms with Gasteiger partial charge in [0, 0.05) is 34.9 Å². The molecule has 0 bridgehead atoms. The van der Waals surface area contributed by atoms with Gasteiger partial charge in [0.05, 0.1) is 0 Å². The number of fused-ring (bicyclic) bond motifs is 1. The first-order chi connectivity index (χ1) is 10.2. The van der Waals surface area contributed by atoms with Crippen LogP contribution in [0, 0.1) is 6.92 Å². The molecule has 0 aromatic heterocycles. The first-order valence-corrected chi connectivity index (χ1v) is 8.70. The fraction of sp³-hybridized carbons (Fsp3) is 0.333. The van der Waals surface area contributed by atoms with E-state index in [0.29, 0.717) is 6.54 Å². The van der Waals surface area contributed by atoms with Gasteiger partial charge in [0.25, 0.3) is 0 Å². The number of nitrogens with two attached hydrogens (primary N) is 1. The van der Waals surface area contributed by atoms with Crippen LogP contribution in [0.3, 0.4) is 0 Å². The second kappa shape index (κ2) is 6.12. The van der Waals surface area contributed by atoms with Gasteiger partial charge in [-0.15, -0.1) is 11.8 Å². The molecule has 0 atom stereocenters.